The fourth-order valence-electron chi connectivity index (χ4n) is 1.34. The Morgan fingerprint density at radius 1 is 1.30 bits per heavy atom. The van der Waals surface area contributed by atoms with Crippen molar-refractivity contribution in [3.8, 4) is 0 Å². The van der Waals surface area contributed by atoms with Gasteiger partial charge in [0.15, 0.2) is 5.78 Å². The van der Waals surface area contributed by atoms with E-state index in [1.165, 1.54) is 0 Å². The summed E-state index contributed by atoms with van der Waals surface area (Å²) in [5.74, 6) is -1.81. The average molecular weight is 282 g/mol. The molecule has 0 atom stereocenters. The van der Waals surface area contributed by atoms with Crippen LogP contribution in [0, 0.1) is 21.3 Å². The number of benzene rings is 1. The maximum atomic E-state index is 13.2. The lowest BCUT2D eigenvalue weighted by Gasteiger charge is -2.16. The summed E-state index contributed by atoms with van der Waals surface area (Å²) in [5.41, 5.74) is -1.32. The Labute approximate surface area is 115 Å². The molecule has 0 saturated heterocycles. The molecule has 1 N–H and O–H groups in total. The summed E-state index contributed by atoms with van der Waals surface area (Å²) >= 11 is 0. The zero-order chi connectivity index (χ0) is 15.5. The lowest BCUT2D eigenvalue weighted by atomic mass is 9.91. The van der Waals surface area contributed by atoms with E-state index in [1.807, 2.05) is 0 Å². The van der Waals surface area contributed by atoms with Crippen molar-refractivity contribution in [2.24, 2.45) is 5.41 Å². The zero-order valence-corrected chi connectivity index (χ0v) is 11.4. The van der Waals surface area contributed by atoms with Gasteiger partial charge in [-0.25, -0.2) is 4.39 Å². The van der Waals surface area contributed by atoms with E-state index in [4.69, 9.17) is 0 Å². The summed E-state index contributed by atoms with van der Waals surface area (Å²) < 4.78 is 13.2. The van der Waals surface area contributed by atoms with Crippen LogP contribution in [0.2, 0.25) is 0 Å². The second kappa shape index (κ2) is 5.77. The zero-order valence-electron chi connectivity index (χ0n) is 11.4. The number of hydrogen-bond donors (Lipinski definition) is 1. The van der Waals surface area contributed by atoms with Crippen molar-refractivity contribution in [2.45, 2.75) is 20.8 Å². The van der Waals surface area contributed by atoms with Gasteiger partial charge in [-0.15, -0.1) is 0 Å². The van der Waals surface area contributed by atoms with Crippen LogP contribution in [0.15, 0.2) is 18.2 Å². The van der Waals surface area contributed by atoms with E-state index in [2.05, 4.69) is 5.32 Å². The molecule has 7 heteroatoms. The monoisotopic (exact) mass is 282 g/mol. The summed E-state index contributed by atoms with van der Waals surface area (Å²) in [6.45, 7) is 4.89. The van der Waals surface area contributed by atoms with E-state index in [1.54, 1.807) is 20.8 Å². The van der Waals surface area contributed by atoms with Gasteiger partial charge in [0.2, 0.25) is 0 Å². The highest BCUT2D eigenvalue weighted by molar-refractivity contribution is 5.98. The molecule has 0 bridgehead atoms. The van der Waals surface area contributed by atoms with E-state index in [9.17, 15) is 24.1 Å². The lowest BCUT2D eigenvalue weighted by Crippen LogP contribution is -2.35. The number of rotatable bonds is 4. The first kappa shape index (κ1) is 15.7. The van der Waals surface area contributed by atoms with Crippen molar-refractivity contribution in [2.75, 3.05) is 6.54 Å². The molecule has 0 aliphatic heterocycles. The number of nitrogens with one attached hydrogen (secondary N) is 1. The molecule has 0 radical (unpaired) electrons. The third kappa shape index (κ3) is 4.11. The van der Waals surface area contributed by atoms with Crippen molar-refractivity contribution >= 4 is 17.4 Å². The van der Waals surface area contributed by atoms with Gasteiger partial charge in [0, 0.05) is 17.0 Å². The first-order chi connectivity index (χ1) is 9.11. The third-order valence-corrected chi connectivity index (χ3v) is 2.60. The molecule has 0 aliphatic carbocycles. The Morgan fingerprint density at radius 3 is 2.40 bits per heavy atom. The first-order valence-electron chi connectivity index (χ1n) is 5.88. The van der Waals surface area contributed by atoms with Crippen LogP contribution in [0.4, 0.5) is 10.1 Å². The number of halogens is 1. The van der Waals surface area contributed by atoms with Gasteiger partial charge in [-0.05, 0) is 6.07 Å². The molecule has 0 saturated carbocycles. The van der Waals surface area contributed by atoms with Gasteiger partial charge in [0.05, 0.1) is 17.5 Å². The van der Waals surface area contributed by atoms with E-state index >= 15 is 0 Å². The van der Waals surface area contributed by atoms with Crippen LogP contribution in [0.25, 0.3) is 0 Å². The molecule has 0 spiro atoms. The van der Waals surface area contributed by atoms with E-state index in [-0.39, 0.29) is 17.9 Å². The summed E-state index contributed by atoms with van der Waals surface area (Å²) in [5, 5.41) is 12.9. The third-order valence-electron chi connectivity index (χ3n) is 2.60. The number of nitro benzene ring substituents is 1. The van der Waals surface area contributed by atoms with Crippen LogP contribution >= 0.6 is 0 Å². The van der Waals surface area contributed by atoms with Crippen LogP contribution < -0.4 is 5.32 Å². The van der Waals surface area contributed by atoms with Gasteiger partial charge < -0.3 is 5.32 Å². The van der Waals surface area contributed by atoms with Gasteiger partial charge in [-0.1, -0.05) is 20.8 Å². The molecular formula is C13H15FN2O4. The quantitative estimate of drug-likeness (QED) is 0.676. The van der Waals surface area contributed by atoms with Crippen molar-refractivity contribution in [1.82, 2.24) is 5.32 Å². The minimum atomic E-state index is -0.883. The van der Waals surface area contributed by atoms with Crippen LogP contribution in [0.5, 0.6) is 0 Å². The first-order valence-corrected chi connectivity index (χ1v) is 5.88. The Hall–Kier alpha value is -2.31. The van der Waals surface area contributed by atoms with E-state index in [0.29, 0.717) is 0 Å². The van der Waals surface area contributed by atoms with Crippen molar-refractivity contribution in [3.05, 3.63) is 39.7 Å². The number of nitro groups is 1. The summed E-state index contributed by atoms with van der Waals surface area (Å²) in [7, 11) is 0. The SMILES string of the molecule is CC(C)(C)C(=O)CNC(=O)c1cc(F)cc([N+](=O)[O-])c1. The topological polar surface area (TPSA) is 89.3 Å². The van der Waals surface area contributed by atoms with E-state index in [0.717, 1.165) is 18.2 Å². The maximum absolute atomic E-state index is 13.2. The number of Topliss-reactive ketones (excluding diaryl/α,β-unsaturated/α-hetero) is 1. The molecule has 1 aromatic carbocycles. The molecule has 20 heavy (non-hydrogen) atoms. The predicted octanol–water partition coefficient (Wildman–Crippen LogP) is 2.08. The molecular weight excluding hydrogens is 267 g/mol. The van der Waals surface area contributed by atoms with Gasteiger partial charge in [-0.3, -0.25) is 19.7 Å². The number of amides is 1. The minimum absolute atomic E-state index is 0.196. The largest absolute Gasteiger partial charge is 0.345 e. The molecule has 1 rings (SSSR count). The number of hydrogen-bond acceptors (Lipinski definition) is 4. The van der Waals surface area contributed by atoms with Crippen molar-refractivity contribution in [1.29, 1.82) is 0 Å². The van der Waals surface area contributed by atoms with Crippen molar-refractivity contribution < 1.29 is 18.9 Å². The van der Waals surface area contributed by atoms with Gasteiger partial charge >= 0.3 is 0 Å². The standard InChI is InChI=1S/C13H15FN2O4/c1-13(2,3)11(17)7-15-12(18)8-4-9(14)6-10(5-8)16(19)20/h4-6H,7H2,1-3H3,(H,15,18). The van der Waals surface area contributed by atoms with E-state index < -0.39 is 27.8 Å². The smallest absolute Gasteiger partial charge is 0.273 e. The van der Waals surface area contributed by atoms with Crippen LogP contribution in [-0.2, 0) is 4.79 Å². The van der Waals surface area contributed by atoms with Crippen molar-refractivity contribution in [3.63, 3.8) is 0 Å². The Morgan fingerprint density at radius 2 is 1.90 bits per heavy atom. The molecule has 0 aromatic heterocycles. The summed E-state index contributed by atoms with van der Waals surface area (Å²) in [6, 6.07) is 2.56. The summed E-state index contributed by atoms with van der Waals surface area (Å²) in [4.78, 5) is 33.2. The second-order valence-electron chi connectivity index (χ2n) is 5.31. The Bertz CT molecular complexity index is 564. The van der Waals surface area contributed by atoms with Gasteiger partial charge in [0.25, 0.3) is 11.6 Å². The fourth-order valence-corrected chi connectivity index (χ4v) is 1.34. The van der Waals surface area contributed by atoms with Crippen LogP contribution in [0.3, 0.4) is 0 Å². The minimum Gasteiger partial charge on any atom is -0.345 e. The fraction of sp³-hybridized carbons (Fsp3) is 0.385. The van der Waals surface area contributed by atoms with Crippen LogP contribution in [0.1, 0.15) is 31.1 Å². The molecule has 0 unspecified atom stereocenters. The highest BCUT2D eigenvalue weighted by atomic mass is 19.1. The average Bonchev–Trinajstić information content (AvgIpc) is 2.33. The highest BCUT2D eigenvalue weighted by Gasteiger charge is 2.22. The molecule has 6 nitrogen and oxygen atoms in total. The number of carbonyl (C=O) groups excluding carboxylic acids is 2. The number of nitrogens with zero attached hydrogens (tertiary/aromatic N) is 1. The molecule has 1 aromatic rings. The lowest BCUT2D eigenvalue weighted by molar-refractivity contribution is -0.385. The number of ketones is 1. The molecule has 0 heterocycles. The normalized spacial score (nSPS) is 11.0. The molecule has 108 valence electrons. The summed E-state index contributed by atoms with van der Waals surface area (Å²) in [6.07, 6.45) is 0. The second-order valence-corrected chi connectivity index (χ2v) is 5.31. The number of non-ortho nitro benzene ring substituents is 1. The Balaban J connectivity index is 2.83. The van der Waals surface area contributed by atoms with Gasteiger partial charge in [-0.2, -0.15) is 0 Å². The van der Waals surface area contributed by atoms with Gasteiger partial charge in [0.1, 0.15) is 5.82 Å². The molecule has 0 aliphatic rings. The highest BCUT2D eigenvalue weighted by Crippen LogP contribution is 2.17. The molecule has 1 amide bonds. The Kier molecular flexibility index (Phi) is 4.54. The number of carbonyl (C=O) groups is 2. The predicted molar refractivity (Wildman–Crippen MR) is 69.8 cm³/mol. The maximum Gasteiger partial charge on any atom is 0.273 e. The van der Waals surface area contributed by atoms with Crippen LogP contribution in [-0.4, -0.2) is 23.2 Å². The molecule has 0 fully saturated rings.